The number of fused-ring (bicyclic) bond motifs is 6. The quantitative estimate of drug-likeness (QED) is 0.226. The first-order valence-corrected chi connectivity index (χ1v) is 15.2. The number of allylic oxidation sites excluding steroid dienone is 2. The number of nitrogens with one attached hydrogen (secondary N) is 1. The van der Waals surface area contributed by atoms with Gasteiger partial charge in [0.1, 0.15) is 0 Å². The molecule has 8 aromatic rings. The molecule has 0 unspecified atom stereocenters. The van der Waals surface area contributed by atoms with Gasteiger partial charge in [-0.05, 0) is 70.8 Å². The van der Waals surface area contributed by atoms with Crippen LogP contribution in [-0.2, 0) is 0 Å². The number of dihydropyridines is 1. The normalized spacial score (nSPS) is 13.4. The molecule has 1 aliphatic rings. The second-order valence-corrected chi connectivity index (χ2v) is 11.5. The van der Waals surface area contributed by atoms with E-state index >= 15 is 0 Å². The molecule has 3 heteroatoms. The lowest BCUT2D eigenvalue weighted by Crippen LogP contribution is -2.06. The first kappa shape index (κ1) is 24.8. The molecule has 0 radical (unpaired) electrons. The number of hydrogen-bond donors (Lipinski definition) is 1. The molecule has 6 aromatic carbocycles. The Hall–Kier alpha value is -5.80. The third-order valence-electron chi connectivity index (χ3n) is 9.01. The smallest absolute Gasteiger partial charge is 0.0541 e. The average Bonchev–Trinajstić information content (AvgIpc) is 3.62. The molecular weight excluding hydrogens is 534 g/mol. The molecule has 208 valence electrons. The second-order valence-electron chi connectivity index (χ2n) is 11.5. The molecule has 1 aliphatic heterocycles. The lowest BCUT2D eigenvalue weighted by atomic mass is 9.93. The number of aromatic nitrogens is 2. The SMILES string of the molecule is C1=C(c2cccc(-n3c4ccccc4c4ccccc43)c2)CC(c2cccc(-n3c4ccccc4c4ccccc43)c2)=CN1. The van der Waals surface area contributed by atoms with Crippen LogP contribution in [0.1, 0.15) is 17.5 Å². The molecule has 3 nitrogen and oxygen atoms in total. The Bertz CT molecular complexity index is 2170. The molecule has 0 spiro atoms. The minimum atomic E-state index is 0.847. The fourth-order valence-electron chi connectivity index (χ4n) is 7.01. The summed E-state index contributed by atoms with van der Waals surface area (Å²) in [6, 6.07) is 52.6. The van der Waals surface area contributed by atoms with Gasteiger partial charge in [-0.25, -0.2) is 0 Å². The maximum atomic E-state index is 3.47. The van der Waals surface area contributed by atoms with Crippen molar-refractivity contribution < 1.29 is 0 Å². The van der Waals surface area contributed by atoms with Crippen molar-refractivity contribution >= 4 is 54.8 Å². The summed E-state index contributed by atoms with van der Waals surface area (Å²) < 4.78 is 4.77. The molecule has 0 fully saturated rings. The van der Waals surface area contributed by atoms with E-state index in [4.69, 9.17) is 0 Å². The van der Waals surface area contributed by atoms with Crippen LogP contribution in [-0.4, -0.2) is 9.13 Å². The molecule has 2 aromatic heterocycles. The van der Waals surface area contributed by atoms with Gasteiger partial charge in [0, 0.05) is 51.7 Å². The van der Waals surface area contributed by atoms with E-state index in [1.807, 2.05) is 0 Å². The summed E-state index contributed by atoms with van der Waals surface area (Å²) in [5.41, 5.74) is 12.2. The minimum absolute atomic E-state index is 0.847. The summed E-state index contributed by atoms with van der Waals surface area (Å²) in [4.78, 5) is 0. The van der Waals surface area contributed by atoms with Crippen molar-refractivity contribution in [3.8, 4) is 11.4 Å². The molecule has 0 saturated heterocycles. The zero-order chi connectivity index (χ0) is 29.0. The van der Waals surface area contributed by atoms with E-state index in [9.17, 15) is 0 Å². The van der Waals surface area contributed by atoms with E-state index in [0.29, 0.717) is 0 Å². The van der Waals surface area contributed by atoms with Crippen molar-refractivity contribution in [2.24, 2.45) is 0 Å². The monoisotopic (exact) mass is 563 g/mol. The molecule has 0 atom stereocenters. The lowest BCUT2D eigenvalue weighted by Gasteiger charge is -2.19. The Balaban J connectivity index is 1.09. The third kappa shape index (κ3) is 3.83. The van der Waals surface area contributed by atoms with E-state index in [-0.39, 0.29) is 0 Å². The summed E-state index contributed by atoms with van der Waals surface area (Å²) in [6.07, 6.45) is 5.14. The Kier molecular flexibility index (Phi) is 5.57. The highest BCUT2D eigenvalue weighted by Gasteiger charge is 2.17. The van der Waals surface area contributed by atoms with Gasteiger partial charge in [0.15, 0.2) is 0 Å². The summed E-state index contributed by atoms with van der Waals surface area (Å²) in [5, 5.41) is 8.58. The molecule has 0 saturated carbocycles. The fourth-order valence-corrected chi connectivity index (χ4v) is 7.01. The number of nitrogens with zero attached hydrogens (tertiary/aromatic N) is 2. The van der Waals surface area contributed by atoms with E-state index in [2.05, 4.69) is 172 Å². The Morgan fingerprint density at radius 3 is 1.14 bits per heavy atom. The van der Waals surface area contributed by atoms with Gasteiger partial charge in [0.25, 0.3) is 0 Å². The van der Waals surface area contributed by atoms with Crippen LogP contribution in [0.5, 0.6) is 0 Å². The van der Waals surface area contributed by atoms with Crippen LogP contribution in [0.15, 0.2) is 158 Å². The Morgan fingerprint density at radius 1 is 0.386 bits per heavy atom. The third-order valence-corrected chi connectivity index (χ3v) is 9.01. The van der Waals surface area contributed by atoms with Gasteiger partial charge in [-0.15, -0.1) is 0 Å². The first-order chi connectivity index (χ1) is 21.8. The maximum Gasteiger partial charge on any atom is 0.0541 e. The molecule has 0 amide bonds. The van der Waals surface area contributed by atoms with E-state index < -0.39 is 0 Å². The van der Waals surface area contributed by atoms with Gasteiger partial charge in [-0.2, -0.15) is 0 Å². The summed E-state index contributed by atoms with van der Waals surface area (Å²) in [6.45, 7) is 0. The van der Waals surface area contributed by atoms with Crippen LogP contribution < -0.4 is 5.32 Å². The van der Waals surface area contributed by atoms with Gasteiger partial charge in [0.05, 0.1) is 22.1 Å². The van der Waals surface area contributed by atoms with Crippen molar-refractivity contribution in [1.82, 2.24) is 14.5 Å². The Morgan fingerprint density at radius 2 is 0.750 bits per heavy atom. The van der Waals surface area contributed by atoms with Crippen LogP contribution in [0.25, 0.3) is 66.1 Å². The summed E-state index contributed by atoms with van der Waals surface area (Å²) >= 11 is 0. The van der Waals surface area contributed by atoms with Crippen LogP contribution in [0.3, 0.4) is 0 Å². The second kappa shape index (κ2) is 9.89. The topological polar surface area (TPSA) is 21.9 Å². The fraction of sp³-hybridized carbons (Fsp3) is 0.0244. The number of hydrogen-bond acceptors (Lipinski definition) is 1. The van der Waals surface area contributed by atoms with Crippen molar-refractivity contribution in [3.63, 3.8) is 0 Å². The van der Waals surface area contributed by atoms with Crippen molar-refractivity contribution in [1.29, 1.82) is 0 Å². The zero-order valence-electron chi connectivity index (χ0n) is 24.1. The number of para-hydroxylation sites is 4. The van der Waals surface area contributed by atoms with Crippen molar-refractivity contribution in [2.45, 2.75) is 6.42 Å². The van der Waals surface area contributed by atoms with Crippen LogP contribution in [0, 0.1) is 0 Å². The van der Waals surface area contributed by atoms with Crippen molar-refractivity contribution in [2.75, 3.05) is 0 Å². The van der Waals surface area contributed by atoms with Crippen LogP contribution >= 0.6 is 0 Å². The highest BCUT2D eigenvalue weighted by molar-refractivity contribution is 6.10. The van der Waals surface area contributed by atoms with Gasteiger partial charge in [-0.3, -0.25) is 0 Å². The molecule has 44 heavy (non-hydrogen) atoms. The highest BCUT2D eigenvalue weighted by Crippen LogP contribution is 2.36. The highest BCUT2D eigenvalue weighted by atomic mass is 15.0. The Labute approximate surface area is 255 Å². The molecule has 3 heterocycles. The van der Waals surface area contributed by atoms with Crippen LogP contribution in [0.4, 0.5) is 0 Å². The minimum Gasteiger partial charge on any atom is -0.367 e. The predicted octanol–water partition coefficient (Wildman–Crippen LogP) is 10.3. The van der Waals surface area contributed by atoms with E-state index in [1.54, 1.807) is 0 Å². The molecule has 9 rings (SSSR count). The maximum absolute atomic E-state index is 3.47. The van der Waals surface area contributed by atoms with Gasteiger partial charge in [0.2, 0.25) is 0 Å². The number of rotatable bonds is 4. The average molecular weight is 564 g/mol. The zero-order valence-corrected chi connectivity index (χ0v) is 24.1. The summed E-state index contributed by atoms with van der Waals surface area (Å²) in [5.74, 6) is 0. The molecule has 0 aliphatic carbocycles. The number of benzene rings is 6. The largest absolute Gasteiger partial charge is 0.367 e. The van der Waals surface area contributed by atoms with E-state index in [1.165, 1.54) is 77.3 Å². The lowest BCUT2D eigenvalue weighted by molar-refractivity contribution is 1.12. The molecular formula is C41H29N3. The van der Waals surface area contributed by atoms with E-state index in [0.717, 1.165) is 6.42 Å². The molecule has 0 bridgehead atoms. The first-order valence-electron chi connectivity index (χ1n) is 15.2. The van der Waals surface area contributed by atoms with Gasteiger partial charge in [-0.1, -0.05) is 97.1 Å². The van der Waals surface area contributed by atoms with Crippen molar-refractivity contribution in [3.05, 3.63) is 169 Å². The van der Waals surface area contributed by atoms with Crippen LogP contribution in [0.2, 0.25) is 0 Å². The molecule has 1 N–H and O–H groups in total. The summed E-state index contributed by atoms with van der Waals surface area (Å²) in [7, 11) is 0. The predicted molar refractivity (Wildman–Crippen MR) is 185 cm³/mol. The van der Waals surface area contributed by atoms with Gasteiger partial charge >= 0.3 is 0 Å². The standard InChI is InChI=1S/C41H29N3/c1-5-19-38-34(15-1)35-16-2-6-20-39(35)43(38)32-13-9-11-28(24-32)30-23-31(27-42-26-30)29-12-10-14-33(25-29)44-40-21-7-3-17-36(40)37-18-4-8-22-41(37)44/h1-22,24-27,42H,23H2. The van der Waals surface area contributed by atoms with Gasteiger partial charge < -0.3 is 14.5 Å².